The van der Waals surface area contributed by atoms with Crippen LogP contribution in [0.5, 0.6) is 0 Å². The first-order valence-corrected chi connectivity index (χ1v) is 10.8. The molecule has 1 aromatic heterocycles. The maximum Gasteiger partial charge on any atom is 0.508 e. The Hall–Kier alpha value is -3.43. The summed E-state index contributed by atoms with van der Waals surface area (Å²) < 4.78 is 43.6. The molecular formula is C22H21NO7S. The Morgan fingerprint density at radius 1 is 0.968 bits per heavy atom. The van der Waals surface area contributed by atoms with Gasteiger partial charge in [0.15, 0.2) is 6.10 Å². The largest absolute Gasteiger partial charge is 0.508 e. The van der Waals surface area contributed by atoms with Gasteiger partial charge < -0.3 is 13.9 Å². The highest BCUT2D eigenvalue weighted by molar-refractivity contribution is 7.89. The molecule has 9 heteroatoms. The lowest BCUT2D eigenvalue weighted by atomic mass is 9.99. The quantitative estimate of drug-likeness (QED) is 0.418. The van der Waals surface area contributed by atoms with E-state index in [2.05, 4.69) is 9.46 Å². The van der Waals surface area contributed by atoms with Crippen molar-refractivity contribution in [2.75, 3.05) is 7.11 Å². The van der Waals surface area contributed by atoms with Crippen LogP contribution in [0.1, 0.15) is 27.7 Å². The number of ether oxygens (including phenoxy) is 2. The number of sulfonamides is 1. The van der Waals surface area contributed by atoms with Gasteiger partial charge in [-0.3, -0.25) is 4.79 Å². The molecule has 0 spiro atoms. The highest BCUT2D eigenvalue weighted by atomic mass is 32.2. The second-order valence-electron chi connectivity index (χ2n) is 6.65. The fraction of sp³-hybridized carbons (Fsp3) is 0.182. The molecule has 2 atom stereocenters. The van der Waals surface area contributed by atoms with Crippen LogP contribution in [0, 0.1) is 6.92 Å². The molecule has 0 saturated heterocycles. The predicted molar refractivity (Wildman–Crippen MR) is 111 cm³/mol. The lowest BCUT2D eigenvalue weighted by Crippen LogP contribution is -2.43. The van der Waals surface area contributed by atoms with Crippen molar-refractivity contribution in [1.29, 1.82) is 0 Å². The number of methoxy groups -OCH3 is 1. The van der Waals surface area contributed by atoms with Gasteiger partial charge in [0.05, 0.1) is 18.3 Å². The first-order chi connectivity index (χ1) is 14.8. The average Bonchev–Trinajstić information content (AvgIpc) is 3.31. The third kappa shape index (κ3) is 5.39. The molecule has 1 heterocycles. The van der Waals surface area contributed by atoms with E-state index in [1.54, 1.807) is 30.3 Å². The maximum atomic E-state index is 13.2. The second-order valence-corrected chi connectivity index (χ2v) is 8.36. The van der Waals surface area contributed by atoms with Crippen LogP contribution in [-0.4, -0.2) is 33.6 Å². The lowest BCUT2D eigenvalue weighted by molar-refractivity contribution is 0.0215. The zero-order valence-electron chi connectivity index (χ0n) is 16.8. The Balaban J connectivity index is 2.04. The molecular weight excluding hydrogens is 422 g/mol. The summed E-state index contributed by atoms with van der Waals surface area (Å²) >= 11 is 0. The van der Waals surface area contributed by atoms with Crippen LogP contribution in [-0.2, 0) is 19.5 Å². The number of rotatable bonds is 8. The normalized spacial score (nSPS) is 13.2. The maximum absolute atomic E-state index is 13.2. The second kappa shape index (κ2) is 9.59. The highest BCUT2D eigenvalue weighted by Crippen LogP contribution is 2.26. The summed E-state index contributed by atoms with van der Waals surface area (Å²) in [5, 5.41) is 0. The number of benzene rings is 2. The van der Waals surface area contributed by atoms with Gasteiger partial charge in [0, 0.05) is 5.56 Å². The van der Waals surface area contributed by atoms with Gasteiger partial charge in [-0.1, -0.05) is 48.0 Å². The summed E-state index contributed by atoms with van der Waals surface area (Å²) in [5.41, 5.74) is 1.11. The first kappa shape index (κ1) is 22.3. The van der Waals surface area contributed by atoms with Crippen molar-refractivity contribution in [2.45, 2.75) is 24.0 Å². The van der Waals surface area contributed by atoms with E-state index in [9.17, 15) is 18.0 Å². The molecule has 31 heavy (non-hydrogen) atoms. The number of hydrogen-bond donors (Lipinski definition) is 1. The van der Waals surface area contributed by atoms with Gasteiger partial charge in [-0.25, -0.2) is 13.2 Å². The SMILES string of the molecule is COC(=O)O[C@H](C(=O)c1ccccc1)[C@@H](NS(=O)(=O)c1ccc(C)cc1)c1ccco1. The van der Waals surface area contributed by atoms with Crippen molar-refractivity contribution in [2.24, 2.45) is 0 Å². The van der Waals surface area contributed by atoms with Crippen molar-refractivity contribution in [1.82, 2.24) is 4.72 Å². The minimum absolute atomic E-state index is 0.0152. The zero-order chi connectivity index (χ0) is 22.4. The third-order valence-corrected chi connectivity index (χ3v) is 5.93. The molecule has 1 N–H and O–H groups in total. The van der Waals surface area contributed by atoms with Crippen LogP contribution in [0.4, 0.5) is 4.79 Å². The fourth-order valence-corrected chi connectivity index (χ4v) is 4.09. The van der Waals surface area contributed by atoms with E-state index in [0.717, 1.165) is 12.7 Å². The van der Waals surface area contributed by atoms with Crippen LogP contribution in [0.15, 0.2) is 82.3 Å². The van der Waals surface area contributed by atoms with E-state index in [1.165, 1.54) is 42.7 Å². The summed E-state index contributed by atoms with van der Waals surface area (Å²) in [5.74, 6) is -0.534. The zero-order valence-corrected chi connectivity index (χ0v) is 17.7. The summed E-state index contributed by atoms with van der Waals surface area (Å²) in [7, 11) is -3.01. The van der Waals surface area contributed by atoms with Crippen molar-refractivity contribution in [3.63, 3.8) is 0 Å². The van der Waals surface area contributed by atoms with E-state index in [1.807, 2.05) is 6.92 Å². The summed E-state index contributed by atoms with van der Waals surface area (Å²) in [6.45, 7) is 1.83. The summed E-state index contributed by atoms with van der Waals surface area (Å²) in [4.78, 5) is 25.1. The number of Topliss-reactive ketones (excluding diaryl/α,β-unsaturated/α-hetero) is 1. The Morgan fingerprint density at radius 3 is 2.23 bits per heavy atom. The first-order valence-electron chi connectivity index (χ1n) is 9.28. The van der Waals surface area contributed by atoms with Gasteiger partial charge in [0.1, 0.15) is 11.8 Å². The van der Waals surface area contributed by atoms with Gasteiger partial charge in [0.25, 0.3) is 0 Å². The predicted octanol–water partition coefficient (Wildman–Crippen LogP) is 3.64. The lowest BCUT2D eigenvalue weighted by Gasteiger charge is -2.25. The summed E-state index contributed by atoms with van der Waals surface area (Å²) in [6, 6.07) is 15.9. The highest BCUT2D eigenvalue weighted by Gasteiger charge is 2.39. The molecule has 0 aliphatic heterocycles. The number of carbonyl (C=O) groups is 2. The molecule has 0 aliphatic rings. The van der Waals surface area contributed by atoms with E-state index < -0.39 is 34.1 Å². The van der Waals surface area contributed by atoms with E-state index in [-0.39, 0.29) is 16.2 Å². The van der Waals surface area contributed by atoms with Crippen LogP contribution in [0.25, 0.3) is 0 Å². The van der Waals surface area contributed by atoms with Crippen LogP contribution < -0.4 is 4.72 Å². The average molecular weight is 443 g/mol. The summed E-state index contributed by atoms with van der Waals surface area (Å²) in [6.07, 6.45) is -1.40. The van der Waals surface area contributed by atoms with Crippen molar-refractivity contribution in [3.8, 4) is 0 Å². The molecule has 0 bridgehead atoms. The molecule has 0 fully saturated rings. The Kier molecular flexibility index (Phi) is 6.88. The van der Waals surface area contributed by atoms with Crippen LogP contribution in [0.3, 0.4) is 0 Å². The topological polar surface area (TPSA) is 112 Å². The number of nitrogens with one attached hydrogen (secondary N) is 1. The minimum atomic E-state index is -4.10. The van der Waals surface area contributed by atoms with Crippen molar-refractivity contribution in [3.05, 3.63) is 89.9 Å². The standard InChI is InChI=1S/C22H21NO7S/c1-15-10-12-17(13-11-15)31(26,27)23-19(18-9-6-14-29-18)21(30-22(25)28-2)20(24)16-7-4-3-5-8-16/h3-14,19,21,23H,1-2H3/t19-,21-/m0/s1. The molecule has 0 unspecified atom stereocenters. The molecule has 0 amide bonds. The van der Waals surface area contributed by atoms with Crippen molar-refractivity contribution >= 4 is 22.0 Å². The molecule has 162 valence electrons. The molecule has 0 radical (unpaired) electrons. The van der Waals surface area contributed by atoms with E-state index in [4.69, 9.17) is 9.15 Å². The molecule has 2 aromatic carbocycles. The van der Waals surface area contributed by atoms with Gasteiger partial charge in [0.2, 0.25) is 15.8 Å². The van der Waals surface area contributed by atoms with Gasteiger partial charge in [-0.05, 0) is 31.2 Å². The number of ketones is 1. The van der Waals surface area contributed by atoms with Crippen molar-refractivity contribution < 1.29 is 31.9 Å². The molecule has 0 saturated carbocycles. The fourth-order valence-electron chi connectivity index (χ4n) is 2.88. The van der Waals surface area contributed by atoms with Crippen LogP contribution in [0.2, 0.25) is 0 Å². The van der Waals surface area contributed by atoms with Gasteiger partial charge in [-0.2, -0.15) is 4.72 Å². The Morgan fingerprint density at radius 2 is 1.65 bits per heavy atom. The Bertz CT molecular complexity index is 1120. The number of aryl methyl sites for hydroxylation is 1. The number of carbonyl (C=O) groups excluding carboxylic acids is 2. The monoisotopic (exact) mass is 443 g/mol. The number of hydrogen-bond acceptors (Lipinski definition) is 7. The Labute approximate surface area is 179 Å². The van der Waals surface area contributed by atoms with Gasteiger partial charge in [-0.15, -0.1) is 0 Å². The molecule has 8 nitrogen and oxygen atoms in total. The third-order valence-electron chi connectivity index (χ3n) is 4.47. The molecule has 3 aromatic rings. The van der Waals surface area contributed by atoms with E-state index >= 15 is 0 Å². The smallest absolute Gasteiger partial charge is 0.467 e. The van der Waals surface area contributed by atoms with E-state index in [0.29, 0.717) is 0 Å². The minimum Gasteiger partial charge on any atom is -0.467 e. The van der Waals surface area contributed by atoms with Crippen LogP contribution >= 0.6 is 0 Å². The molecule has 3 rings (SSSR count). The number of furan rings is 1. The molecule has 0 aliphatic carbocycles. The van der Waals surface area contributed by atoms with Gasteiger partial charge >= 0.3 is 6.16 Å².